The number of H-pyrrole nitrogens is 2. The van der Waals surface area contributed by atoms with Crippen LogP contribution < -0.4 is 11.2 Å². The minimum Gasteiger partial charge on any atom is -0.481 e. The summed E-state index contributed by atoms with van der Waals surface area (Å²) in [4.78, 5) is 43.0. The van der Waals surface area contributed by atoms with Crippen LogP contribution in [-0.2, 0) is 11.2 Å². The second-order valence-electron chi connectivity index (χ2n) is 4.34. The molecule has 0 spiro atoms. The van der Waals surface area contributed by atoms with Crippen molar-refractivity contribution in [1.29, 1.82) is 0 Å². The van der Waals surface area contributed by atoms with Gasteiger partial charge in [0.15, 0.2) is 5.65 Å². The first-order chi connectivity index (χ1) is 8.93. The van der Waals surface area contributed by atoms with Gasteiger partial charge in [0.2, 0.25) is 0 Å². The van der Waals surface area contributed by atoms with Gasteiger partial charge in [0.05, 0.1) is 0 Å². The zero-order valence-electron chi connectivity index (χ0n) is 10.6. The van der Waals surface area contributed by atoms with Gasteiger partial charge in [-0.25, -0.2) is 9.78 Å². The highest BCUT2D eigenvalue weighted by atomic mass is 16.4. The van der Waals surface area contributed by atoms with Crippen LogP contribution in [0.4, 0.5) is 0 Å². The molecule has 102 valence electrons. The monoisotopic (exact) mass is 266 g/mol. The van der Waals surface area contributed by atoms with Crippen molar-refractivity contribution in [3.05, 3.63) is 26.7 Å². The van der Waals surface area contributed by atoms with Gasteiger partial charge in [-0.3, -0.25) is 19.1 Å². The van der Waals surface area contributed by atoms with Gasteiger partial charge < -0.3 is 10.1 Å². The number of hydrogen-bond donors (Lipinski definition) is 3. The van der Waals surface area contributed by atoms with Crippen molar-refractivity contribution in [2.45, 2.75) is 32.7 Å². The van der Waals surface area contributed by atoms with Crippen LogP contribution in [0.2, 0.25) is 0 Å². The molecule has 0 aliphatic rings. The summed E-state index contributed by atoms with van der Waals surface area (Å²) in [5.41, 5.74) is -0.820. The average molecular weight is 266 g/mol. The molecule has 3 N–H and O–H groups in total. The first kappa shape index (κ1) is 13.1. The minimum absolute atomic E-state index is 0.121. The molecule has 0 fully saturated rings. The SMILES string of the molecule is CCC(C)n1c(=O)[nH]c(=O)c2[nH]c(CC(=O)O)nc21. The molecular formula is C11H14N4O4. The second-order valence-corrected chi connectivity index (χ2v) is 4.34. The largest absolute Gasteiger partial charge is 0.481 e. The highest BCUT2D eigenvalue weighted by Crippen LogP contribution is 2.13. The Balaban J connectivity index is 2.74. The summed E-state index contributed by atoms with van der Waals surface area (Å²) >= 11 is 0. The van der Waals surface area contributed by atoms with E-state index in [9.17, 15) is 14.4 Å². The number of carboxylic acids is 1. The van der Waals surface area contributed by atoms with Gasteiger partial charge in [-0.2, -0.15) is 0 Å². The molecule has 1 unspecified atom stereocenters. The number of aromatic amines is 2. The van der Waals surface area contributed by atoms with Gasteiger partial charge in [-0.05, 0) is 13.3 Å². The maximum absolute atomic E-state index is 11.8. The van der Waals surface area contributed by atoms with E-state index in [1.165, 1.54) is 4.57 Å². The summed E-state index contributed by atoms with van der Waals surface area (Å²) in [7, 11) is 0. The molecule has 0 aliphatic heterocycles. The molecule has 2 aromatic heterocycles. The fourth-order valence-electron chi connectivity index (χ4n) is 1.88. The third kappa shape index (κ3) is 2.28. The number of imidazole rings is 1. The van der Waals surface area contributed by atoms with Crippen LogP contribution in [0.5, 0.6) is 0 Å². The lowest BCUT2D eigenvalue weighted by atomic mass is 10.2. The molecular weight excluding hydrogens is 252 g/mol. The van der Waals surface area contributed by atoms with E-state index in [0.717, 1.165) is 0 Å². The number of carbonyl (C=O) groups is 1. The van der Waals surface area contributed by atoms with Crippen molar-refractivity contribution < 1.29 is 9.90 Å². The van der Waals surface area contributed by atoms with E-state index >= 15 is 0 Å². The smallest absolute Gasteiger partial charge is 0.330 e. The Morgan fingerprint density at radius 3 is 2.68 bits per heavy atom. The summed E-state index contributed by atoms with van der Waals surface area (Å²) in [6.45, 7) is 3.73. The third-order valence-electron chi connectivity index (χ3n) is 2.98. The average Bonchev–Trinajstić information content (AvgIpc) is 2.71. The lowest BCUT2D eigenvalue weighted by Crippen LogP contribution is -2.32. The van der Waals surface area contributed by atoms with E-state index in [1.54, 1.807) is 0 Å². The Bertz CT molecular complexity index is 739. The molecule has 2 heterocycles. The van der Waals surface area contributed by atoms with E-state index in [4.69, 9.17) is 5.11 Å². The normalized spacial score (nSPS) is 12.7. The molecule has 0 saturated carbocycles. The molecule has 8 heteroatoms. The zero-order valence-corrected chi connectivity index (χ0v) is 10.6. The number of nitrogens with zero attached hydrogens (tertiary/aromatic N) is 2. The summed E-state index contributed by atoms with van der Waals surface area (Å²) in [6, 6.07) is -0.146. The minimum atomic E-state index is -1.06. The van der Waals surface area contributed by atoms with Crippen LogP contribution in [-0.4, -0.2) is 30.6 Å². The summed E-state index contributed by atoms with van der Waals surface area (Å²) in [5.74, 6) is -0.913. The van der Waals surface area contributed by atoms with Crippen molar-refractivity contribution in [3.63, 3.8) is 0 Å². The van der Waals surface area contributed by atoms with Gasteiger partial charge >= 0.3 is 11.7 Å². The van der Waals surface area contributed by atoms with Gasteiger partial charge in [0, 0.05) is 6.04 Å². The topological polar surface area (TPSA) is 121 Å². The molecule has 0 aromatic carbocycles. The van der Waals surface area contributed by atoms with Crippen LogP contribution >= 0.6 is 0 Å². The van der Waals surface area contributed by atoms with Gasteiger partial charge in [-0.15, -0.1) is 0 Å². The second kappa shape index (κ2) is 4.71. The predicted molar refractivity (Wildman–Crippen MR) is 67.3 cm³/mol. The number of aliphatic carboxylic acids is 1. The number of carboxylic acid groups (broad SMARTS) is 1. The fourth-order valence-corrected chi connectivity index (χ4v) is 1.88. The summed E-state index contributed by atoms with van der Waals surface area (Å²) in [5, 5.41) is 8.73. The van der Waals surface area contributed by atoms with E-state index in [0.29, 0.717) is 6.42 Å². The van der Waals surface area contributed by atoms with Crippen molar-refractivity contribution in [3.8, 4) is 0 Å². The number of rotatable bonds is 4. The lowest BCUT2D eigenvalue weighted by molar-refractivity contribution is -0.136. The van der Waals surface area contributed by atoms with E-state index < -0.39 is 17.2 Å². The van der Waals surface area contributed by atoms with Crippen molar-refractivity contribution in [2.24, 2.45) is 0 Å². The number of aromatic nitrogens is 4. The maximum Gasteiger partial charge on any atom is 0.330 e. The molecule has 2 rings (SSSR count). The standard InChI is InChI=1S/C11H14N4O4/c1-3-5(2)15-9-8(10(18)14-11(15)19)12-6(13-9)4-7(16)17/h5H,3-4H2,1-2H3,(H,12,13)(H,16,17)(H,14,18,19). The van der Waals surface area contributed by atoms with E-state index in [2.05, 4.69) is 15.0 Å². The quantitative estimate of drug-likeness (QED) is 0.719. The van der Waals surface area contributed by atoms with Crippen LogP contribution in [0.25, 0.3) is 11.2 Å². The first-order valence-corrected chi connectivity index (χ1v) is 5.89. The third-order valence-corrected chi connectivity index (χ3v) is 2.98. The lowest BCUT2D eigenvalue weighted by Gasteiger charge is -2.12. The molecule has 19 heavy (non-hydrogen) atoms. The van der Waals surface area contributed by atoms with Crippen molar-refractivity contribution in [1.82, 2.24) is 19.5 Å². The van der Waals surface area contributed by atoms with Gasteiger partial charge in [-0.1, -0.05) is 6.92 Å². The number of fused-ring (bicyclic) bond motifs is 1. The summed E-state index contributed by atoms with van der Waals surface area (Å²) < 4.78 is 1.36. The maximum atomic E-state index is 11.8. The highest BCUT2D eigenvalue weighted by molar-refractivity contribution is 5.73. The predicted octanol–water partition coefficient (Wildman–Crippen LogP) is 0.0110. The zero-order chi connectivity index (χ0) is 14.2. The molecule has 0 bridgehead atoms. The first-order valence-electron chi connectivity index (χ1n) is 5.89. The fraction of sp³-hybridized carbons (Fsp3) is 0.455. The van der Waals surface area contributed by atoms with Crippen LogP contribution in [0.3, 0.4) is 0 Å². The highest BCUT2D eigenvalue weighted by Gasteiger charge is 2.17. The van der Waals surface area contributed by atoms with E-state index in [1.807, 2.05) is 13.8 Å². The van der Waals surface area contributed by atoms with Crippen LogP contribution in [0.1, 0.15) is 32.1 Å². The number of hydrogen-bond acceptors (Lipinski definition) is 4. The van der Waals surface area contributed by atoms with Gasteiger partial charge in [0.1, 0.15) is 17.8 Å². The van der Waals surface area contributed by atoms with Crippen LogP contribution in [0, 0.1) is 0 Å². The van der Waals surface area contributed by atoms with Crippen molar-refractivity contribution >= 4 is 17.1 Å². The van der Waals surface area contributed by atoms with Gasteiger partial charge in [0.25, 0.3) is 5.56 Å². The molecule has 0 amide bonds. The Morgan fingerprint density at radius 1 is 1.42 bits per heavy atom. The number of nitrogens with one attached hydrogen (secondary N) is 2. The molecule has 1 atom stereocenters. The van der Waals surface area contributed by atoms with Crippen molar-refractivity contribution in [2.75, 3.05) is 0 Å². The Hall–Kier alpha value is -2.38. The molecule has 0 radical (unpaired) electrons. The van der Waals surface area contributed by atoms with Crippen LogP contribution in [0.15, 0.2) is 9.59 Å². The molecule has 8 nitrogen and oxygen atoms in total. The summed E-state index contributed by atoms with van der Waals surface area (Å²) in [6.07, 6.45) is 0.352. The molecule has 2 aromatic rings. The van der Waals surface area contributed by atoms with E-state index in [-0.39, 0.29) is 29.5 Å². The molecule has 0 aliphatic carbocycles. The Kier molecular flexibility index (Phi) is 3.24. The Labute approximate surface area is 107 Å². The molecule has 0 saturated heterocycles. The Morgan fingerprint density at radius 2 is 2.11 bits per heavy atom.